The lowest BCUT2D eigenvalue weighted by Crippen LogP contribution is -2.05. The summed E-state index contributed by atoms with van der Waals surface area (Å²) in [7, 11) is 0. The minimum absolute atomic E-state index is 0.303. The second-order valence-electron chi connectivity index (χ2n) is 3.51. The molecule has 0 aromatic rings. The zero-order valence-electron chi connectivity index (χ0n) is 7.84. The molecule has 0 aliphatic heterocycles. The molecule has 0 spiro atoms. The highest BCUT2D eigenvalue weighted by molar-refractivity contribution is 5.75. The van der Waals surface area contributed by atoms with Crippen LogP contribution in [0.25, 0.3) is 0 Å². The van der Waals surface area contributed by atoms with Gasteiger partial charge in [-0.2, -0.15) is 0 Å². The van der Waals surface area contributed by atoms with Crippen LogP contribution in [0.1, 0.15) is 33.1 Å². The normalized spacial score (nSPS) is 22.2. The summed E-state index contributed by atoms with van der Waals surface area (Å²) in [6.45, 7) is 3.81. The van der Waals surface area contributed by atoms with E-state index in [0.717, 1.165) is 19.3 Å². The van der Waals surface area contributed by atoms with Gasteiger partial charge in [-0.15, -0.1) is 0 Å². The summed E-state index contributed by atoms with van der Waals surface area (Å²) in [6, 6.07) is 0. The minimum atomic E-state index is 0.303. The SMILES string of the molecule is CC(=O)CCC1CC=CC=C1C. The molecule has 0 saturated heterocycles. The number of hydrogen-bond donors (Lipinski definition) is 0. The lowest BCUT2D eigenvalue weighted by Gasteiger charge is -2.17. The van der Waals surface area contributed by atoms with Crippen LogP contribution >= 0.6 is 0 Å². The average Bonchev–Trinajstić information content (AvgIpc) is 2.03. The van der Waals surface area contributed by atoms with Gasteiger partial charge in [0.05, 0.1) is 0 Å². The van der Waals surface area contributed by atoms with Crippen LogP contribution in [0, 0.1) is 5.92 Å². The topological polar surface area (TPSA) is 17.1 Å². The Balaban J connectivity index is 2.38. The summed E-state index contributed by atoms with van der Waals surface area (Å²) < 4.78 is 0. The summed E-state index contributed by atoms with van der Waals surface area (Å²) in [4.78, 5) is 10.8. The zero-order valence-corrected chi connectivity index (χ0v) is 7.84. The van der Waals surface area contributed by atoms with Crippen molar-refractivity contribution in [1.29, 1.82) is 0 Å². The lowest BCUT2D eigenvalue weighted by atomic mass is 9.88. The lowest BCUT2D eigenvalue weighted by molar-refractivity contribution is -0.117. The van der Waals surface area contributed by atoms with Crippen molar-refractivity contribution in [3.8, 4) is 0 Å². The molecule has 0 radical (unpaired) electrons. The fraction of sp³-hybridized carbons (Fsp3) is 0.545. The molecule has 0 heterocycles. The summed E-state index contributed by atoms with van der Waals surface area (Å²) in [6.07, 6.45) is 9.27. The van der Waals surface area contributed by atoms with Crippen molar-refractivity contribution in [1.82, 2.24) is 0 Å². The van der Waals surface area contributed by atoms with Gasteiger partial charge in [-0.1, -0.05) is 23.8 Å². The van der Waals surface area contributed by atoms with Gasteiger partial charge < -0.3 is 4.79 Å². The summed E-state index contributed by atoms with van der Waals surface area (Å²) in [5.74, 6) is 0.913. The van der Waals surface area contributed by atoms with Crippen LogP contribution in [0.4, 0.5) is 0 Å². The van der Waals surface area contributed by atoms with Crippen molar-refractivity contribution in [3.63, 3.8) is 0 Å². The highest BCUT2D eigenvalue weighted by atomic mass is 16.1. The Morgan fingerprint density at radius 1 is 1.67 bits per heavy atom. The third-order valence-corrected chi connectivity index (χ3v) is 2.40. The van der Waals surface area contributed by atoms with E-state index >= 15 is 0 Å². The van der Waals surface area contributed by atoms with Crippen molar-refractivity contribution in [2.45, 2.75) is 33.1 Å². The van der Waals surface area contributed by atoms with Crippen molar-refractivity contribution in [2.75, 3.05) is 0 Å². The molecule has 66 valence electrons. The molecule has 1 nitrogen and oxygen atoms in total. The van der Waals surface area contributed by atoms with Crippen molar-refractivity contribution >= 4 is 5.78 Å². The number of rotatable bonds is 3. The number of Topliss-reactive ketones (excluding diaryl/α,β-unsaturated/α-hetero) is 1. The Morgan fingerprint density at radius 2 is 2.42 bits per heavy atom. The Kier molecular flexibility index (Phi) is 3.27. The molecule has 0 bridgehead atoms. The Bertz CT molecular complexity index is 223. The van der Waals surface area contributed by atoms with E-state index in [2.05, 4.69) is 25.2 Å². The van der Waals surface area contributed by atoms with E-state index in [0.29, 0.717) is 11.7 Å². The first kappa shape index (κ1) is 9.24. The van der Waals surface area contributed by atoms with E-state index < -0.39 is 0 Å². The Hall–Kier alpha value is -0.850. The molecule has 0 aromatic carbocycles. The van der Waals surface area contributed by atoms with Gasteiger partial charge in [0.1, 0.15) is 5.78 Å². The molecule has 1 heteroatoms. The van der Waals surface area contributed by atoms with Crippen molar-refractivity contribution in [2.24, 2.45) is 5.92 Å². The Labute approximate surface area is 74.2 Å². The van der Waals surface area contributed by atoms with Crippen LogP contribution in [-0.2, 0) is 4.79 Å². The molecule has 1 aliphatic rings. The third kappa shape index (κ3) is 2.65. The quantitative estimate of drug-likeness (QED) is 0.626. The zero-order chi connectivity index (χ0) is 8.97. The number of hydrogen-bond acceptors (Lipinski definition) is 1. The van der Waals surface area contributed by atoms with Gasteiger partial charge in [0.2, 0.25) is 0 Å². The van der Waals surface area contributed by atoms with Crippen molar-refractivity contribution in [3.05, 3.63) is 23.8 Å². The predicted molar refractivity (Wildman–Crippen MR) is 50.9 cm³/mol. The van der Waals surface area contributed by atoms with Crippen LogP contribution in [0.15, 0.2) is 23.8 Å². The molecule has 1 rings (SSSR count). The maximum absolute atomic E-state index is 10.8. The minimum Gasteiger partial charge on any atom is -0.300 e. The van der Waals surface area contributed by atoms with E-state index in [-0.39, 0.29) is 0 Å². The first-order valence-electron chi connectivity index (χ1n) is 4.53. The summed E-state index contributed by atoms with van der Waals surface area (Å²) in [5, 5.41) is 0. The van der Waals surface area contributed by atoms with E-state index in [1.807, 2.05) is 0 Å². The number of ketones is 1. The second-order valence-corrected chi connectivity index (χ2v) is 3.51. The monoisotopic (exact) mass is 164 g/mol. The molecular formula is C11H16O. The van der Waals surface area contributed by atoms with Gasteiger partial charge in [0, 0.05) is 6.42 Å². The Morgan fingerprint density at radius 3 is 3.00 bits per heavy atom. The largest absolute Gasteiger partial charge is 0.300 e. The standard InChI is InChI=1S/C11H16O/c1-9-5-3-4-6-11(9)8-7-10(2)12/h3-5,11H,6-8H2,1-2H3. The highest BCUT2D eigenvalue weighted by Crippen LogP contribution is 2.24. The van der Waals surface area contributed by atoms with Gasteiger partial charge in [0.25, 0.3) is 0 Å². The summed E-state index contributed by atoms with van der Waals surface area (Å²) in [5.41, 5.74) is 1.42. The smallest absolute Gasteiger partial charge is 0.129 e. The van der Waals surface area contributed by atoms with E-state index in [1.54, 1.807) is 6.92 Å². The second kappa shape index (κ2) is 4.24. The van der Waals surface area contributed by atoms with E-state index in [4.69, 9.17) is 0 Å². The molecule has 0 saturated carbocycles. The fourth-order valence-electron chi connectivity index (χ4n) is 1.51. The molecule has 1 atom stereocenters. The first-order chi connectivity index (χ1) is 5.70. The van der Waals surface area contributed by atoms with Gasteiger partial charge in [-0.3, -0.25) is 0 Å². The van der Waals surface area contributed by atoms with Crippen LogP contribution in [0.5, 0.6) is 0 Å². The molecule has 0 aromatic heterocycles. The fourth-order valence-corrected chi connectivity index (χ4v) is 1.51. The van der Waals surface area contributed by atoms with Crippen molar-refractivity contribution < 1.29 is 4.79 Å². The maximum Gasteiger partial charge on any atom is 0.129 e. The first-order valence-corrected chi connectivity index (χ1v) is 4.53. The van der Waals surface area contributed by atoms with Gasteiger partial charge >= 0.3 is 0 Å². The van der Waals surface area contributed by atoms with Crippen LogP contribution in [0.2, 0.25) is 0 Å². The van der Waals surface area contributed by atoms with Crippen LogP contribution < -0.4 is 0 Å². The van der Waals surface area contributed by atoms with Gasteiger partial charge in [0.15, 0.2) is 0 Å². The maximum atomic E-state index is 10.8. The van der Waals surface area contributed by atoms with Crippen LogP contribution in [-0.4, -0.2) is 5.78 Å². The molecule has 1 unspecified atom stereocenters. The molecule has 0 N–H and O–H groups in total. The van der Waals surface area contributed by atoms with E-state index in [9.17, 15) is 4.79 Å². The third-order valence-electron chi connectivity index (χ3n) is 2.40. The molecule has 0 fully saturated rings. The van der Waals surface area contributed by atoms with E-state index in [1.165, 1.54) is 5.57 Å². The molecular weight excluding hydrogens is 148 g/mol. The van der Waals surface area contributed by atoms with Crippen LogP contribution in [0.3, 0.4) is 0 Å². The molecule has 1 aliphatic carbocycles. The molecule has 0 amide bonds. The average molecular weight is 164 g/mol. The number of carbonyl (C=O) groups is 1. The highest BCUT2D eigenvalue weighted by Gasteiger charge is 2.11. The molecule has 12 heavy (non-hydrogen) atoms. The predicted octanol–water partition coefficient (Wildman–Crippen LogP) is 2.88. The van der Waals surface area contributed by atoms with Gasteiger partial charge in [-0.25, -0.2) is 0 Å². The summed E-state index contributed by atoms with van der Waals surface area (Å²) >= 11 is 0. The number of allylic oxidation sites excluding steroid dienone is 4. The number of carbonyl (C=O) groups excluding carboxylic acids is 1. The van der Waals surface area contributed by atoms with Gasteiger partial charge in [-0.05, 0) is 32.6 Å².